The van der Waals surface area contributed by atoms with Gasteiger partial charge >= 0.3 is 6.18 Å². The van der Waals surface area contributed by atoms with E-state index in [1.807, 2.05) is 24.3 Å². The molecule has 0 bridgehead atoms. The third kappa shape index (κ3) is 4.59. The van der Waals surface area contributed by atoms with Crippen LogP contribution in [-0.4, -0.2) is 47.5 Å². The van der Waals surface area contributed by atoms with E-state index in [1.165, 1.54) is 0 Å². The van der Waals surface area contributed by atoms with Gasteiger partial charge in [-0.2, -0.15) is 13.2 Å². The number of hydrogen-bond acceptors (Lipinski definition) is 5. The predicted molar refractivity (Wildman–Crippen MR) is 95.9 cm³/mol. The minimum absolute atomic E-state index is 0.0202. The number of likely N-dealkylation sites (tertiary alicyclic amines) is 1. The fraction of sp³-hybridized carbons (Fsp3) is 0.421. The molecule has 1 saturated heterocycles. The molecule has 0 radical (unpaired) electrons. The van der Waals surface area contributed by atoms with Crippen LogP contribution in [0.1, 0.15) is 40.6 Å². The van der Waals surface area contributed by atoms with E-state index < -0.39 is 17.9 Å². The van der Waals surface area contributed by atoms with E-state index in [2.05, 4.69) is 20.2 Å². The number of para-hydroxylation sites is 1. The number of halogens is 3. The van der Waals surface area contributed by atoms with E-state index in [0.29, 0.717) is 6.54 Å². The highest BCUT2D eigenvalue weighted by atomic mass is 19.4. The van der Waals surface area contributed by atoms with Crippen LogP contribution in [0.3, 0.4) is 0 Å². The van der Waals surface area contributed by atoms with Crippen molar-refractivity contribution in [1.29, 1.82) is 0 Å². The Morgan fingerprint density at radius 2 is 1.86 bits per heavy atom. The van der Waals surface area contributed by atoms with Crippen molar-refractivity contribution in [2.24, 2.45) is 0 Å². The lowest BCUT2D eigenvalue weighted by Crippen LogP contribution is -2.37. The Kier molecular flexibility index (Phi) is 6.13. The molecule has 0 aliphatic carbocycles. The van der Waals surface area contributed by atoms with Crippen LogP contribution >= 0.6 is 0 Å². The zero-order chi connectivity index (χ0) is 20.1. The van der Waals surface area contributed by atoms with Crippen molar-refractivity contribution in [1.82, 2.24) is 20.2 Å². The van der Waals surface area contributed by atoms with Gasteiger partial charge in [0, 0.05) is 24.5 Å². The lowest BCUT2D eigenvalue weighted by Gasteiger charge is -2.29. The number of rotatable bonds is 6. The number of carbonyl (C=O) groups is 1. The van der Waals surface area contributed by atoms with Gasteiger partial charge in [0.2, 0.25) is 5.82 Å². The summed E-state index contributed by atoms with van der Waals surface area (Å²) in [4.78, 5) is 21.1. The number of benzene rings is 1. The van der Waals surface area contributed by atoms with Crippen LogP contribution in [0.5, 0.6) is 5.75 Å². The van der Waals surface area contributed by atoms with Crippen molar-refractivity contribution in [3.05, 3.63) is 53.6 Å². The predicted octanol–water partition coefficient (Wildman–Crippen LogP) is 3.07. The molecule has 0 spiro atoms. The number of carbonyl (C=O) groups excluding carboxylic acids is 1. The summed E-state index contributed by atoms with van der Waals surface area (Å²) in [6.45, 7) is 2.10. The van der Waals surface area contributed by atoms with Crippen LogP contribution in [-0.2, 0) is 6.18 Å². The summed E-state index contributed by atoms with van der Waals surface area (Å²) < 4.78 is 43.1. The minimum Gasteiger partial charge on any atom is -0.496 e. The number of aromatic nitrogens is 2. The van der Waals surface area contributed by atoms with Crippen LogP contribution in [0.2, 0.25) is 0 Å². The molecule has 150 valence electrons. The van der Waals surface area contributed by atoms with Crippen LogP contribution in [0.25, 0.3) is 0 Å². The van der Waals surface area contributed by atoms with E-state index in [1.54, 1.807) is 7.11 Å². The van der Waals surface area contributed by atoms with E-state index in [4.69, 9.17) is 4.74 Å². The second kappa shape index (κ2) is 8.55. The highest BCUT2D eigenvalue weighted by molar-refractivity contribution is 5.93. The Bertz CT molecular complexity index is 806. The van der Waals surface area contributed by atoms with E-state index in [-0.39, 0.29) is 11.6 Å². The lowest BCUT2D eigenvalue weighted by molar-refractivity contribution is -0.145. The Morgan fingerprint density at radius 3 is 2.46 bits per heavy atom. The van der Waals surface area contributed by atoms with Gasteiger partial charge in [0.25, 0.3) is 5.91 Å². The zero-order valence-electron chi connectivity index (χ0n) is 15.4. The van der Waals surface area contributed by atoms with Gasteiger partial charge in [-0.3, -0.25) is 9.69 Å². The maximum Gasteiger partial charge on any atom is 0.451 e. The van der Waals surface area contributed by atoms with Gasteiger partial charge in [-0.25, -0.2) is 9.97 Å². The maximum absolute atomic E-state index is 12.6. The SMILES string of the molecule is COc1ccccc1[C@H](CNC(=O)c1cnc(C(F)(F)F)nc1)N1CCCC1. The van der Waals surface area contributed by atoms with Crippen molar-refractivity contribution in [3.63, 3.8) is 0 Å². The first-order valence-electron chi connectivity index (χ1n) is 8.94. The monoisotopic (exact) mass is 394 g/mol. The summed E-state index contributed by atoms with van der Waals surface area (Å²) in [6, 6.07) is 7.51. The highest BCUT2D eigenvalue weighted by Crippen LogP contribution is 2.31. The highest BCUT2D eigenvalue weighted by Gasteiger charge is 2.34. The average molecular weight is 394 g/mol. The van der Waals surface area contributed by atoms with Gasteiger partial charge in [0.15, 0.2) is 0 Å². The summed E-state index contributed by atoms with van der Waals surface area (Å²) >= 11 is 0. The van der Waals surface area contributed by atoms with Crippen LogP contribution in [0, 0.1) is 0 Å². The molecule has 28 heavy (non-hydrogen) atoms. The summed E-state index contributed by atoms with van der Waals surface area (Å²) in [7, 11) is 1.60. The van der Waals surface area contributed by atoms with Crippen LogP contribution in [0.15, 0.2) is 36.7 Å². The second-order valence-electron chi connectivity index (χ2n) is 6.50. The van der Waals surface area contributed by atoms with E-state index in [0.717, 1.165) is 49.6 Å². The van der Waals surface area contributed by atoms with Crippen molar-refractivity contribution < 1.29 is 22.7 Å². The van der Waals surface area contributed by atoms with Crippen LogP contribution < -0.4 is 10.1 Å². The Labute approximate surface area is 160 Å². The molecular weight excluding hydrogens is 373 g/mol. The van der Waals surface area contributed by atoms with Crippen molar-refractivity contribution in [3.8, 4) is 5.75 Å². The maximum atomic E-state index is 12.6. The smallest absolute Gasteiger partial charge is 0.451 e. The van der Waals surface area contributed by atoms with Crippen molar-refractivity contribution >= 4 is 5.91 Å². The number of nitrogens with one attached hydrogen (secondary N) is 1. The third-order valence-corrected chi connectivity index (χ3v) is 4.70. The summed E-state index contributed by atoms with van der Waals surface area (Å²) in [6.07, 6.45) is -0.712. The number of alkyl halides is 3. The van der Waals surface area contributed by atoms with Gasteiger partial charge in [0.05, 0.1) is 18.7 Å². The number of amides is 1. The molecule has 0 unspecified atom stereocenters. The Balaban J connectivity index is 1.74. The topological polar surface area (TPSA) is 67.3 Å². The normalized spacial score (nSPS) is 16.0. The van der Waals surface area contributed by atoms with Gasteiger partial charge in [0.1, 0.15) is 5.75 Å². The fourth-order valence-electron chi connectivity index (χ4n) is 3.31. The second-order valence-corrected chi connectivity index (χ2v) is 6.50. The summed E-state index contributed by atoms with van der Waals surface area (Å²) in [5.74, 6) is -1.06. The molecule has 2 heterocycles. The molecule has 1 aliphatic heterocycles. The van der Waals surface area contributed by atoms with Crippen molar-refractivity contribution in [2.45, 2.75) is 25.1 Å². The van der Waals surface area contributed by atoms with E-state index >= 15 is 0 Å². The van der Waals surface area contributed by atoms with Gasteiger partial charge in [-0.15, -0.1) is 0 Å². The number of hydrogen-bond donors (Lipinski definition) is 1. The minimum atomic E-state index is -4.64. The molecule has 1 aliphatic rings. The number of ether oxygens (including phenoxy) is 1. The largest absolute Gasteiger partial charge is 0.496 e. The van der Waals surface area contributed by atoms with Gasteiger partial charge in [-0.05, 0) is 32.0 Å². The van der Waals surface area contributed by atoms with Crippen LogP contribution in [0.4, 0.5) is 13.2 Å². The standard InChI is InChI=1S/C19H21F3N4O2/c1-28-16-7-3-2-6-14(16)15(26-8-4-5-9-26)12-23-17(27)13-10-24-18(25-11-13)19(20,21)22/h2-3,6-7,10-11,15H,4-5,8-9,12H2,1H3,(H,23,27)/t15-/m0/s1. The fourth-order valence-corrected chi connectivity index (χ4v) is 3.31. The molecule has 6 nitrogen and oxygen atoms in total. The van der Waals surface area contributed by atoms with Gasteiger partial charge in [-0.1, -0.05) is 18.2 Å². The first-order chi connectivity index (χ1) is 13.4. The van der Waals surface area contributed by atoms with Crippen molar-refractivity contribution in [2.75, 3.05) is 26.7 Å². The molecule has 9 heteroatoms. The average Bonchev–Trinajstić information content (AvgIpc) is 3.22. The zero-order valence-corrected chi connectivity index (χ0v) is 15.4. The van der Waals surface area contributed by atoms with Gasteiger partial charge < -0.3 is 10.1 Å². The lowest BCUT2D eigenvalue weighted by atomic mass is 10.0. The summed E-state index contributed by atoms with van der Waals surface area (Å²) in [5, 5.41) is 2.79. The molecule has 1 amide bonds. The molecule has 1 fully saturated rings. The number of methoxy groups -OCH3 is 1. The Hall–Kier alpha value is -2.68. The molecule has 2 aromatic rings. The molecule has 1 atom stereocenters. The quantitative estimate of drug-likeness (QED) is 0.816. The first kappa shape index (κ1) is 20.1. The molecule has 1 aromatic heterocycles. The molecule has 1 aromatic carbocycles. The number of nitrogens with zero attached hydrogens (tertiary/aromatic N) is 3. The molecule has 0 saturated carbocycles. The molecular formula is C19H21F3N4O2. The molecule has 1 N–H and O–H groups in total. The third-order valence-electron chi connectivity index (χ3n) is 4.70. The van der Waals surface area contributed by atoms with E-state index in [9.17, 15) is 18.0 Å². The Morgan fingerprint density at radius 1 is 1.21 bits per heavy atom. The summed E-state index contributed by atoms with van der Waals surface area (Å²) in [5.41, 5.74) is 0.934. The first-order valence-corrected chi connectivity index (χ1v) is 8.94. The molecule has 3 rings (SSSR count).